The summed E-state index contributed by atoms with van der Waals surface area (Å²) in [6.07, 6.45) is 3.19. The van der Waals surface area contributed by atoms with Crippen LogP contribution >= 0.6 is 0 Å². The summed E-state index contributed by atoms with van der Waals surface area (Å²) >= 11 is 0. The number of para-hydroxylation sites is 1. The molecule has 0 amide bonds. The van der Waals surface area contributed by atoms with Crippen LogP contribution in [0, 0.1) is 0 Å². The molecule has 0 unspecified atom stereocenters. The number of benzene rings is 6. The van der Waals surface area contributed by atoms with Crippen LogP contribution in [0.4, 0.5) is 11.4 Å². The molecule has 0 spiro atoms. The Balaban J connectivity index is 1.85. The van der Waals surface area contributed by atoms with Crippen LogP contribution in [0.3, 0.4) is 0 Å². The lowest BCUT2D eigenvalue weighted by molar-refractivity contribution is 0.111. The predicted octanol–water partition coefficient (Wildman–Crippen LogP) is 8.44. The summed E-state index contributed by atoms with van der Waals surface area (Å²) in [4.78, 5) is 46.4. The Bertz CT molecular complexity index is 2100. The SMILES string of the molecule is Nc1cccc(-c2cc(-c3ccc(C=O)cc3)c(-c3ccc(C=O)cc3)c(-c3ccc(C=O)cc3)c2-c2ccc(C=O)cc2)c1N. The van der Waals surface area contributed by atoms with E-state index < -0.39 is 0 Å². The molecule has 222 valence electrons. The van der Waals surface area contributed by atoms with Gasteiger partial charge in [-0.05, 0) is 62.2 Å². The van der Waals surface area contributed by atoms with Gasteiger partial charge >= 0.3 is 0 Å². The largest absolute Gasteiger partial charge is 0.397 e. The quantitative estimate of drug-likeness (QED) is 0.127. The smallest absolute Gasteiger partial charge is 0.150 e. The normalized spacial score (nSPS) is 10.7. The Morgan fingerprint density at radius 3 is 1.15 bits per heavy atom. The van der Waals surface area contributed by atoms with E-state index in [1.807, 2.05) is 60.7 Å². The van der Waals surface area contributed by atoms with Gasteiger partial charge in [0.25, 0.3) is 0 Å². The summed E-state index contributed by atoms with van der Waals surface area (Å²) in [5, 5.41) is 0. The highest BCUT2D eigenvalue weighted by molar-refractivity contribution is 6.09. The lowest BCUT2D eigenvalue weighted by atomic mass is 9.78. The minimum absolute atomic E-state index is 0.417. The third kappa shape index (κ3) is 5.51. The molecule has 4 N–H and O–H groups in total. The topological polar surface area (TPSA) is 120 Å². The second-order valence-electron chi connectivity index (χ2n) is 10.9. The van der Waals surface area contributed by atoms with Crippen molar-refractivity contribution >= 4 is 36.5 Å². The van der Waals surface area contributed by atoms with E-state index >= 15 is 0 Å². The average molecular weight is 601 g/mol. The number of aldehydes is 4. The third-order valence-corrected chi connectivity index (χ3v) is 8.12. The molecule has 0 aromatic heterocycles. The molecule has 0 aliphatic carbocycles. The second kappa shape index (κ2) is 12.7. The van der Waals surface area contributed by atoms with Gasteiger partial charge in [-0.15, -0.1) is 0 Å². The standard InChI is InChI=1S/C40H28N2O4/c41-36-3-1-2-33(40(36)42)35-20-34(29-12-4-25(21-43)5-13-29)37(30-14-6-26(22-44)7-15-30)39(32-18-10-28(24-46)11-19-32)38(35)31-16-8-27(23-45)9-17-31/h1-24H,41-42H2. The number of nitrogens with two attached hydrogens (primary N) is 2. The highest BCUT2D eigenvalue weighted by Crippen LogP contribution is 2.51. The number of nitrogen functional groups attached to an aromatic ring is 2. The maximum atomic E-state index is 11.6. The highest BCUT2D eigenvalue weighted by Gasteiger charge is 2.25. The molecule has 6 nitrogen and oxygen atoms in total. The van der Waals surface area contributed by atoms with Gasteiger partial charge in [-0.2, -0.15) is 0 Å². The summed E-state index contributed by atoms with van der Waals surface area (Å²) in [6.45, 7) is 0. The number of rotatable bonds is 9. The van der Waals surface area contributed by atoms with Crippen molar-refractivity contribution in [3.05, 3.63) is 144 Å². The van der Waals surface area contributed by atoms with Gasteiger partial charge in [0.2, 0.25) is 0 Å². The Hall–Kier alpha value is -6.40. The molecule has 0 radical (unpaired) electrons. The lowest BCUT2D eigenvalue weighted by Crippen LogP contribution is -2.02. The van der Waals surface area contributed by atoms with E-state index in [0.717, 1.165) is 75.2 Å². The van der Waals surface area contributed by atoms with Gasteiger partial charge in [0.05, 0.1) is 11.4 Å². The van der Waals surface area contributed by atoms with E-state index in [0.29, 0.717) is 39.2 Å². The van der Waals surface area contributed by atoms with Crippen molar-refractivity contribution in [2.45, 2.75) is 0 Å². The summed E-state index contributed by atoms with van der Waals surface area (Å²) < 4.78 is 0. The Kier molecular flexibility index (Phi) is 8.18. The average Bonchev–Trinajstić information content (AvgIpc) is 3.12. The van der Waals surface area contributed by atoms with Crippen molar-refractivity contribution in [2.75, 3.05) is 11.5 Å². The molecule has 46 heavy (non-hydrogen) atoms. The van der Waals surface area contributed by atoms with Crippen molar-refractivity contribution in [1.82, 2.24) is 0 Å². The van der Waals surface area contributed by atoms with E-state index in [4.69, 9.17) is 11.5 Å². The van der Waals surface area contributed by atoms with Crippen molar-refractivity contribution in [1.29, 1.82) is 0 Å². The molecule has 0 saturated heterocycles. The molecule has 0 heterocycles. The molecule has 0 aliphatic heterocycles. The van der Waals surface area contributed by atoms with Gasteiger partial charge in [0.1, 0.15) is 25.1 Å². The van der Waals surface area contributed by atoms with Crippen molar-refractivity contribution in [3.8, 4) is 55.6 Å². The summed E-state index contributed by atoms with van der Waals surface area (Å²) in [6, 6.07) is 36.9. The van der Waals surface area contributed by atoms with Gasteiger partial charge in [0, 0.05) is 27.8 Å². The van der Waals surface area contributed by atoms with Crippen molar-refractivity contribution in [2.24, 2.45) is 0 Å². The fourth-order valence-corrected chi connectivity index (χ4v) is 5.76. The first-order valence-corrected chi connectivity index (χ1v) is 14.5. The van der Waals surface area contributed by atoms with Crippen LogP contribution in [0.1, 0.15) is 41.4 Å². The number of hydrogen-bond donors (Lipinski definition) is 2. The monoisotopic (exact) mass is 600 g/mol. The molecule has 6 aromatic rings. The fourth-order valence-electron chi connectivity index (χ4n) is 5.76. The first-order chi connectivity index (χ1) is 22.4. The van der Waals surface area contributed by atoms with Crippen LogP contribution in [0.2, 0.25) is 0 Å². The first-order valence-electron chi connectivity index (χ1n) is 14.5. The molecule has 0 aliphatic rings. The summed E-state index contributed by atoms with van der Waals surface area (Å²) in [5.41, 5.74) is 24.2. The van der Waals surface area contributed by atoms with E-state index in [1.54, 1.807) is 54.6 Å². The maximum Gasteiger partial charge on any atom is 0.150 e. The minimum Gasteiger partial charge on any atom is -0.397 e. The molecule has 0 bridgehead atoms. The molecule has 0 fully saturated rings. The van der Waals surface area contributed by atoms with Crippen LogP contribution in [0.25, 0.3) is 55.6 Å². The van der Waals surface area contributed by atoms with Gasteiger partial charge in [-0.1, -0.05) is 109 Å². The van der Waals surface area contributed by atoms with Crippen LogP contribution in [0.15, 0.2) is 121 Å². The van der Waals surface area contributed by atoms with Gasteiger partial charge < -0.3 is 11.5 Å². The van der Waals surface area contributed by atoms with E-state index in [9.17, 15) is 19.2 Å². The lowest BCUT2D eigenvalue weighted by Gasteiger charge is -2.25. The van der Waals surface area contributed by atoms with Gasteiger partial charge in [-0.3, -0.25) is 19.2 Å². The van der Waals surface area contributed by atoms with E-state index in [1.165, 1.54) is 0 Å². The molecular formula is C40H28N2O4. The first kappa shape index (κ1) is 29.7. The number of hydrogen-bond acceptors (Lipinski definition) is 6. The van der Waals surface area contributed by atoms with Crippen LogP contribution in [-0.2, 0) is 0 Å². The second-order valence-corrected chi connectivity index (χ2v) is 10.9. The van der Waals surface area contributed by atoms with E-state index in [-0.39, 0.29) is 0 Å². The zero-order valence-corrected chi connectivity index (χ0v) is 24.6. The number of carbonyl (C=O) groups excluding carboxylic acids is 4. The van der Waals surface area contributed by atoms with Crippen molar-refractivity contribution < 1.29 is 19.2 Å². The predicted molar refractivity (Wildman–Crippen MR) is 184 cm³/mol. The summed E-state index contributed by atoms with van der Waals surface area (Å²) in [7, 11) is 0. The Morgan fingerprint density at radius 1 is 0.370 bits per heavy atom. The molecular weight excluding hydrogens is 572 g/mol. The molecule has 0 atom stereocenters. The number of anilines is 2. The van der Waals surface area contributed by atoms with Crippen LogP contribution in [0.5, 0.6) is 0 Å². The van der Waals surface area contributed by atoms with E-state index in [2.05, 4.69) is 6.07 Å². The Morgan fingerprint density at radius 2 is 0.739 bits per heavy atom. The Labute approximate surface area is 266 Å². The van der Waals surface area contributed by atoms with Gasteiger partial charge in [0.15, 0.2) is 0 Å². The summed E-state index contributed by atoms with van der Waals surface area (Å²) in [5.74, 6) is 0. The molecule has 6 heteroatoms. The van der Waals surface area contributed by atoms with Crippen LogP contribution in [-0.4, -0.2) is 25.1 Å². The molecule has 0 saturated carbocycles. The van der Waals surface area contributed by atoms with Crippen LogP contribution < -0.4 is 11.5 Å². The molecule has 6 aromatic carbocycles. The number of carbonyl (C=O) groups is 4. The minimum atomic E-state index is 0.417. The van der Waals surface area contributed by atoms with Gasteiger partial charge in [-0.25, -0.2) is 0 Å². The molecule has 6 rings (SSSR count). The third-order valence-electron chi connectivity index (χ3n) is 8.12. The highest BCUT2D eigenvalue weighted by atomic mass is 16.1. The fraction of sp³-hybridized carbons (Fsp3) is 0. The van der Waals surface area contributed by atoms with Crippen molar-refractivity contribution in [3.63, 3.8) is 0 Å². The zero-order chi connectivity index (χ0) is 32.2. The maximum absolute atomic E-state index is 11.6. The zero-order valence-electron chi connectivity index (χ0n) is 24.6.